The Morgan fingerprint density at radius 1 is 1.25 bits per heavy atom. The van der Waals surface area contributed by atoms with E-state index in [1.54, 1.807) is 11.8 Å². The van der Waals surface area contributed by atoms with Crippen molar-refractivity contribution >= 4 is 11.8 Å². The first-order valence-electron chi connectivity index (χ1n) is 8.29. The van der Waals surface area contributed by atoms with Crippen LogP contribution in [0.15, 0.2) is 11.0 Å². The molecule has 0 saturated carbocycles. The zero-order chi connectivity index (χ0) is 17.3. The number of likely N-dealkylation sites (tertiary alicyclic amines) is 1. The molecule has 8 heteroatoms. The van der Waals surface area contributed by atoms with Gasteiger partial charge in [0.15, 0.2) is 0 Å². The minimum Gasteiger partial charge on any atom is -0.354 e. The summed E-state index contributed by atoms with van der Waals surface area (Å²) in [5, 5.41) is 2.98. The molecule has 2 amide bonds. The van der Waals surface area contributed by atoms with E-state index in [9.17, 15) is 14.4 Å². The normalized spacial score (nSPS) is 21.4. The summed E-state index contributed by atoms with van der Waals surface area (Å²) in [4.78, 5) is 47.4. The maximum absolute atomic E-state index is 12.6. The highest BCUT2D eigenvalue weighted by Crippen LogP contribution is 2.30. The highest BCUT2D eigenvalue weighted by molar-refractivity contribution is 5.94. The Balaban J connectivity index is 1.75. The summed E-state index contributed by atoms with van der Waals surface area (Å²) in [6.07, 6.45) is 3.39. The van der Waals surface area contributed by atoms with Gasteiger partial charge in [0.25, 0.3) is 11.5 Å². The smallest absolute Gasteiger partial charge is 0.263 e. The molecule has 2 saturated heterocycles. The van der Waals surface area contributed by atoms with Gasteiger partial charge in [0, 0.05) is 32.4 Å². The second-order valence-electron chi connectivity index (χ2n) is 6.57. The highest BCUT2D eigenvalue weighted by atomic mass is 16.2. The van der Waals surface area contributed by atoms with Gasteiger partial charge in [-0.15, -0.1) is 0 Å². The lowest BCUT2D eigenvalue weighted by atomic mass is 9.85. The summed E-state index contributed by atoms with van der Waals surface area (Å²) in [5.74, 6) is 0.200. The summed E-state index contributed by atoms with van der Waals surface area (Å²) in [5.41, 5.74) is -0.919. The molecule has 0 bridgehead atoms. The number of aromatic nitrogens is 2. The number of aryl methyl sites for hydroxylation is 1. The number of carbonyl (C=O) groups is 2. The lowest BCUT2D eigenvalue weighted by Crippen LogP contribution is -2.61. The minimum absolute atomic E-state index is 0.0458. The molecular formula is C16H23N5O3. The van der Waals surface area contributed by atoms with Crippen LogP contribution in [0.1, 0.15) is 35.4 Å². The molecule has 2 N–H and O–H groups in total. The zero-order valence-electron chi connectivity index (χ0n) is 14.1. The van der Waals surface area contributed by atoms with Gasteiger partial charge in [0.1, 0.15) is 16.9 Å². The van der Waals surface area contributed by atoms with Crippen molar-refractivity contribution in [3.63, 3.8) is 0 Å². The van der Waals surface area contributed by atoms with Gasteiger partial charge in [0.2, 0.25) is 5.91 Å². The van der Waals surface area contributed by atoms with E-state index in [1.165, 1.54) is 6.20 Å². The maximum atomic E-state index is 12.6. The molecule has 0 aromatic carbocycles. The molecule has 1 spiro atoms. The van der Waals surface area contributed by atoms with E-state index in [0.29, 0.717) is 38.3 Å². The number of hydrogen-bond donors (Lipinski definition) is 2. The monoisotopic (exact) mass is 333 g/mol. The molecule has 0 atom stereocenters. The first kappa shape index (κ1) is 16.6. The first-order chi connectivity index (χ1) is 11.4. The number of piperidine rings is 1. The van der Waals surface area contributed by atoms with Crippen LogP contribution in [0.2, 0.25) is 0 Å². The van der Waals surface area contributed by atoms with Gasteiger partial charge in [-0.25, -0.2) is 4.98 Å². The summed E-state index contributed by atoms with van der Waals surface area (Å²) >= 11 is 0. The first-order valence-corrected chi connectivity index (χ1v) is 8.29. The third kappa shape index (κ3) is 2.82. The predicted octanol–water partition coefficient (Wildman–Crippen LogP) is -0.495. The SMILES string of the molecule is Cc1ncc(C(=O)N2CCC3(CC2)C(=O)NCCCN3C)c(=O)[nH]1. The van der Waals surface area contributed by atoms with Gasteiger partial charge in [-0.3, -0.25) is 19.3 Å². The van der Waals surface area contributed by atoms with E-state index in [2.05, 4.69) is 20.2 Å². The lowest BCUT2D eigenvalue weighted by Gasteiger charge is -2.44. The van der Waals surface area contributed by atoms with Crippen LogP contribution in [0.4, 0.5) is 0 Å². The summed E-state index contributed by atoms with van der Waals surface area (Å²) in [7, 11) is 1.97. The number of H-pyrrole nitrogens is 1. The van der Waals surface area contributed by atoms with Crippen molar-refractivity contribution in [2.24, 2.45) is 0 Å². The Bertz CT molecular complexity index is 706. The zero-order valence-corrected chi connectivity index (χ0v) is 14.1. The lowest BCUT2D eigenvalue weighted by molar-refractivity contribution is -0.134. The van der Waals surface area contributed by atoms with Gasteiger partial charge >= 0.3 is 0 Å². The van der Waals surface area contributed by atoms with E-state index in [1.807, 2.05) is 7.05 Å². The molecule has 3 rings (SSSR count). The van der Waals surface area contributed by atoms with Crippen molar-refractivity contribution in [1.29, 1.82) is 0 Å². The van der Waals surface area contributed by atoms with Gasteiger partial charge in [-0.2, -0.15) is 0 Å². The van der Waals surface area contributed by atoms with Crippen LogP contribution in [0.5, 0.6) is 0 Å². The van der Waals surface area contributed by atoms with Crippen molar-refractivity contribution in [2.75, 3.05) is 33.2 Å². The molecule has 2 fully saturated rings. The van der Waals surface area contributed by atoms with Crippen LogP contribution in [0.25, 0.3) is 0 Å². The summed E-state index contributed by atoms with van der Waals surface area (Å²) in [6, 6.07) is 0. The molecule has 2 aliphatic rings. The molecule has 130 valence electrons. The predicted molar refractivity (Wildman–Crippen MR) is 87.7 cm³/mol. The van der Waals surface area contributed by atoms with Crippen molar-refractivity contribution in [3.8, 4) is 0 Å². The average Bonchev–Trinajstić information content (AvgIpc) is 2.69. The van der Waals surface area contributed by atoms with Crippen LogP contribution in [0, 0.1) is 6.92 Å². The largest absolute Gasteiger partial charge is 0.354 e. The fraction of sp³-hybridized carbons (Fsp3) is 0.625. The third-order valence-corrected chi connectivity index (χ3v) is 5.14. The molecular weight excluding hydrogens is 310 g/mol. The van der Waals surface area contributed by atoms with E-state index < -0.39 is 11.1 Å². The number of nitrogens with one attached hydrogen (secondary N) is 2. The standard InChI is InChI=1S/C16H23N5O3/c1-11-18-10-12(13(22)19-11)14(23)21-8-4-16(5-9-21)15(24)17-6-3-7-20(16)2/h10H,3-9H2,1-2H3,(H,17,24)(H,18,19,22). The van der Waals surface area contributed by atoms with Crippen LogP contribution in [-0.2, 0) is 4.79 Å². The Kier molecular flexibility index (Phi) is 4.40. The third-order valence-electron chi connectivity index (χ3n) is 5.14. The van der Waals surface area contributed by atoms with Crippen LogP contribution in [0.3, 0.4) is 0 Å². The topological polar surface area (TPSA) is 98.4 Å². The molecule has 2 aliphatic heterocycles. The molecule has 24 heavy (non-hydrogen) atoms. The number of rotatable bonds is 1. The Morgan fingerprint density at radius 3 is 2.62 bits per heavy atom. The highest BCUT2D eigenvalue weighted by Gasteiger charge is 2.46. The van der Waals surface area contributed by atoms with Crippen molar-refractivity contribution in [1.82, 2.24) is 25.1 Å². The molecule has 0 unspecified atom stereocenters. The number of aromatic amines is 1. The van der Waals surface area contributed by atoms with Crippen LogP contribution in [-0.4, -0.2) is 70.3 Å². The molecule has 3 heterocycles. The fourth-order valence-corrected chi connectivity index (χ4v) is 3.57. The molecule has 1 aromatic rings. The Hall–Kier alpha value is -2.22. The molecule has 1 aromatic heterocycles. The Morgan fingerprint density at radius 2 is 1.96 bits per heavy atom. The Labute approximate surface area is 140 Å². The van der Waals surface area contributed by atoms with Crippen molar-refractivity contribution < 1.29 is 9.59 Å². The second kappa shape index (κ2) is 6.35. The summed E-state index contributed by atoms with van der Waals surface area (Å²) in [6.45, 7) is 4.11. The van der Waals surface area contributed by atoms with Crippen LogP contribution < -0.4 is 10.9 Å². The number of likely N-dealkylation sites (N-methyl/N-ethyl adjacent to an activating group) is 1. The number of carbonyl (C=O) groups excluding carboxylic acids is 2. The van der Waals surface area contributed by atoms with E-state index in [0.717, 1.165) is 13.0 Å². The molecule has 0 aliphatic carbocycles. The van der Waals surface area contributed by atoms with E-state index in [-0.39, 0.29) is 17.4 Å². The quantitative estimate of drug-likeness (QED) is 0.722. The van der Waals surface area contributed by atoms with Crippen molar-refractivity contribution in [3.05, 3.63) is 27.9 Å². The van der Waals surface area contributed by atoms with E-state index in [4.69, 9.17) is 0 Å². The van der Waals surface area contributed by atoms with Crippen molar-refractivity contribution in [2.45, 2.75) is 31.7 Å². The minimum atomic E-state index is -0.550. The van der Waals surface area contributed by atoms with Gasteiger partial charge in [-0.1, -0.05) is 0 Å². The number of nitrogens with zero attached hydrogens (tertiary/aromatic N) is 3. The van der Waals surface area contributed by atoms with Gasteiger partial charge < -0.3 is 15.2 Å². The molecule has 8 nitrogen and oxygen atoms in total. The van der Waals surface area contributed by atoms with Gasteiger partial charge in [0.05, 0.1) is 0 Å². The van der Waals surface area contributed by atoms with E-state index >= 15 is 0 Å². The number of amides is 2. The van der Waals surface area contributed by atoms with Crippen LogP contribution >= 0.6 is 0 Å². The fourth-order valence-electron chi connectivity index (χ4n) is 3.57. The number of hydrogen-bond acceptors (Lipinski definition) is 5. The van der Waals surface area contributed by atoms with Gasteiger partial charge in [-0.05, 0) is 33.2 Å². The summed E-state index contributed by atoms with van der Waals surface area (Å²) < 4.78 is 0. The molecule has 0 radical (unpaired) electrons. The maximum Gasteiger partial charge on any atom is 0.263 e. The second-order valence-corrected chi connectivity index (χ2v) is 6.57. The average molecular weight is 333 g/mol.